The molecule has 1 aromatic rings. The Hall–Kier alpha value is -0.740. The second-order valence-corrected chi connectivity index (χ2v) is 7.73. The molecule has 0 spiro atoms. The number of rotatable bonds is 1. The van der Waals surface area contributed by atoms with Crippen LogP contribution < -0.4 is 0 Å². The van der Waals surface area contributed by atoms with Gasteiger partial charge in [-0.2, -0.15) is 0 Å². The van der Waals surface area contributed by atoms with Gasteiger partial charge in [-0.3, -0.25) is 0 Å². The summed E-state index contributed by atoms with van der Waals surface area (Å²) in [6, 6.07) is 5.94. The van der Waals surface area contributed by atoms with E-state index in [2.05, 4.69) is 22.0 Å². The maximum absolute atomic E-state index is 12.0. The Morgan fingerprint density at radius 2 is 1.95 bits per heavy atom. The molecule has 3 nitrogen and oxygen atoms in total. The highest BCUT2D eigenvalue weighted by Gasteiger charge is 2.28. The summed E-state index contributed by atoms with van der Waals surface area (Å²) < 4.78 is 6.45. The fraction of sp³-hybridized carbons (Fsp3) is 0.562. The van der Waals surface area contributed by atoms with Crippen molar-refractivity contribution in [3.63, 3.8) is 0 Å². The number of carbonyl (C=O) groups excluding carboxylic acids is 1. The zero-order chi connectivity index (χ0) is 15.6. The maximum Gasteiger partial charge on any atom is 0.410 e. The number of likely N-dealkylation sites (tertiary alicyclic amines) is 1. The summed E-state index contributed by atoms with van der Waals surface area (Å²) in [4.78, 5) is 13.8. The van der Waals surface area contributed by atoms with Gasteiger partial charge in [-0.1, -0.05) is 27.5 Å². The van der Waals surface area contributed by atoms with Gasteiger partial charge in [-0.25, -0.2) is 4.79 Å². The number of piperidine rings is 1. The summed E-state index contributed by atoms with van der Waals surface area (Å²) in [5.74, 6) is 0.397. The van der Waals surface area contributed by atoms with Crippen LogP contribution in [0.3, 0.4) is 0 Å². The highest BCUT2D eigenvalue weighted by molar-refractivity contribution is 9.10. The molecule has 1 aliphatic rings. The normalized spacial score (nSPS) is 16.9. The molecule has 1 aromatic carbocycles. The van der Waals surface area contributed by atoms with Crippen LogP contribution in [0, 0.1) is 0 Å². The van der Waals surface area contributed by atoms with Crippen LogP contribution in [0.25, 0.3) is 0 Å². The van der Waals surface area contributed by atoms with Crippen molar-refractivity contribution in [1.82, 2.24) is 4.90 Å². The monoisotopic (exact) mass is 373 g/mol. The molecule has 1 saturated heterocycles. The summed E-state index contributed by atoms with van der Waals surface area (Å²) >= 11 is 9.78. The molecule has 1 aliphatic heterocycles. The Kier molecular flexibility index (Phi) is 5.20. The average Bonchev–Trinajstić information content (AvgIpc) is 2.40. The zero-order valence-corrected chi connectivity index (χ0v) is 15.0. The minimum atomic E-state index is -0.443. The molecule has 21 heavy (non-hydrogen) atoms. The Morgan fingerprint density at radius 3 is 2.52 bits per heavy atom. The Morgan fingerprint density at radius 1 is 1.33 bits per heavy atom. The number of halogens is 2. The SMILES string of the molecule is CC(C)(C)OC(=O)N1CCC(c2cc(Br)ccc2Cl)CC1. The Balaban J connectivity index is 1.97. The van der Waals surface area contributed by atoms with E-state index >= 15 is 0 Å². The van der Waals surface area contributed by atoms with Crippen LogP contribution in [-0.4, -0.2) is 29.7 Å². The van der Waals surface area contributed by atoms with Crippen LogP contribution in [-0.2, 0) is 4.74 Å². The van der Waals surface area contributed by atoms with Crippen molar-refractivity contribution in [2.24, 2.45) is 0 Å². The first kappa shape index (κ1) is 16.6. The van der Waals surface area contributed by atoms with Crippen molar-refractivity contribution < 1.29 is 9.53 Å². The van der Waals surface area contributed by atoms with Gasteiger partial charge in [0.25, 0.3) is 0 Å². The number of hydrogen-bond donors (Lipinski definition) is 0. The van der Waals surface area contributed by atoms with Gasteiger partial charge in [0.05, 0.1) is 0 Å². The van der Waals surface area contributed by atoms with E-state index in [1.54, 1.807) is 4.90 Å². The quantitative estimate of drug-likeness (QED) is 0.674. The van der Waals surface area contributed by atoms with Gasteiger partial charge in [0.15, 0.2) is 0 Å². The standard InChI is InChI=1S/C16H21BrClNO2/c1-16(2,3)21-15(20)19-8-6-11(7-9-19)13-10-12(17)4-5-14(13)18/h4-5,10-11H,6-9H2,1-3H3. The van der Waals surface area contributed by atoms with Crippen LogP contribution in [0.5, 0.6) is 0 Å². The summed E-state index contributed by atoms with van der Waals surface area (Å²) in [6.07, 6.45) is 1.60. The second-order valence-electron chi connectivity index (χ2n) is 6.41. The highest BCUT2D eigenvalue weighted by atomic mass is 79.9. The van der Waals surface area contributed by atoms with E-state index in [0.29, 0.717) is 19.0 Å². The van der Waals surface area contributed by atoms with E-state index in [4.69, 9.17) is 16.3 Å². The molecule has 2 rings (SSSR count). The summed E-state index contributed by atoms with van der Waals surface area (Å²) in [7, 11) is 0. The molecule has 116 valence electrons. The molecule has 0 saturated carbocycles. The topological polar surface area (TPSA) is 29.5 Å². The van der Waals surface area contributed by atoms with Crippen LogP contribution in [0.2, 0.25) is 5.02 Å². The van der Waals surface area contributed by atoms with Gasteiger partial charge in [0, 0.05) is 22.6 Å². The van der Waals surface area contributed by atoms with Gasteiger partial charge in [-0.15, -0.1) is 0 Å². The molecule has 0 bridgehead atoms. The van der Waals surface area contributed by atoms with Gasteiger partial charge < -0.3 is 9.64 Å². The second kappa shape index (κ2) is 6.57. The van der Waals surface area contributed by atoms with Crippen LogP contribution in [0.4, 0.5) is 4.79 Å². The van der Waals surface area contributed by atoms with E-state index in [-0.39, 0.29) is 6.09 Å². The van der Waals surface area contributed by atoms with E-state index in [1.165, 1.54) is 0 Å². The molecule has 0 aromatic heterocycles. The lowest BCUT2D eigenvalue weighted by molar-refractivity contribution is 0.0205. The van der Waals surface area contributed by atoms with Crippen molar-refractivity contribution in [1.29, 1.82) is 0 Å². The van der Waals surface area contributed by atoms with Gasteiger partial charge in [0.1, 0.15) is 5.60 Å². The largest absolute Gasteiger partial charge is 0.444 e. The van der Waals surface area contributed by atoms with E-state index in [0.717, 1.165) is 27.9 Å². The maximum atomic E-state index is 12.0. The predicted octanol–water partition coefficient (Wildman–Crippen LogP) is 5.22. The minimum Gasteiger partial charge on any atom is -0.444 e. The van der Waals surface area contributed by atoms with Crippen LogP contribution in [0.15, 0.2) is 22.7 Å². The van der Waals surface area contributed by atoms with Crippen molar-refractivity contribution >= 4 is 33.6 Å². The van der Waals surface area contributed by atoms with Crippen LogP contribution >= 0.6 is 27.5 Å². The number of nitrogens with zero attached hydrogens (tertiary/aromatic N) is 1. The molecule has 5 heteroatoms. The third-order valence-corrected chi connectivity index (χ3v) is 4.38. The fourth-order valence-corrected chi connectivity index (χ4v) is 3.18. The Bertz CT molecular complexity index is 519. The predicted molar refractivity (Wildman–Crippen MR) is 88.9 cm³/mol. The van der Waals surface area contributed by atoms with Gasteiger partial charge in [0.2, 0.25) is 0 Å². The molecule has 0 atom stereocenters. The average molecular weight is 375 g/mol. The molecule has 0 unspecified atom stereocenters. The molecule has 1 heterocycles. The number of carbonyl (C=O) groups is 1. The third kappa shape index (κ3) is 4.62. The molecular formula is C16H21BrClNO2. The van der Waals surface area contributed by atoms with Crippen molar-refractivity contribution in [2.45, 2.75) is 45.1 Å². The molecular weight excluding hydrogens is 354 g/mol. The number of amides is 1. The lowest BCUT2D eigenvalue weighted by Crippen LogP contribution is -2.41. The van der Waals surface area contributed by atoms with Gasteiger partial charge in [-0.05, 0) is 63.3 Å². The smallest absolute Gasteiger partial charge is 0.410 e. The van der Waals surface area contributed by atoms with E-state index < -0.39 is 5.60 Å². The first-order valence-corrected chi connectivity index (χ1v) is 8.36. The van der Waals surface area contributed by atoms with E-state index in [1.807, 2.05) is 32.9 Å². The van der Waals surface area contributed by atoms with Crippen LogP contribution in [0.1, 0.15) is 45.1 Å². The lowest BCUT2D eigenvalue weighted by atomic mass is 9.89. The summed E-state index contributed by atoms with van der Waals surface area (Å²) in [5.41, 5.74) is 0.719. The molecule has 0 aliphatic carbocycles. The Labute approximate surface area is 139 Å². The minimum absolute atomic E-state index is 0.221. The lowest BCUT2D eigenvalue weighted by Gasteiger charge is -2.33. The zero-order valence-electron chi connectivity index (χ0n) is 12.7. The number of ether oxygens (including phenoxy) is 1. The van der Waals surface area contributed by atoms with Gasteiger partial charge >= 0.3 is 6.09 Å². The fourth-order valence-electron chi connectivity index (χ4n) is 2.53. The number of benzene rings is 1. The van der Waals surface area contributed by atoms with Crippen molar-refractivity contribution in [2.75, 3.05) is 13.1 Å². The molecule has 0 N–H and O–H groups in total. The first-order chi connectivity index (χ1) is 9.76. The number of hydrogen-bond acceptors (Lipinski definition) is 2. The first-order valence-electron chi connectivity index (χ1n) is 7.19. The summed E-state index contributed by atoms with van der Waals surface area (Å²) in [6.45, 7) is 7.08. The van der Waals surface area contributed by atoms with E-state index in [9.17, 15) is 4.79 Å². The molecule has 1 amide bonds. The molecule has 1 fully saturated rings. The highest BCUT2D eigenvalue weighted by Crippen LogP contribution is 2.34. The summed E-state index contributed by atoms with van der Waals surface area (Å²) in [5, 5.41) is 0.800. The third-order valence-electron chi connectivity index (χ3n) is 3.54. The van der Waals surface area contributed by atoms with Crippen molar-refractivity contribution in [3.8, 4) is 0 Å². The van der Waals surface area contributed by atoms with Crippen molar-refractivity contribution in [3.05, 3.63) is 33.3 Å². The molecule has 0 radical (unpaired) electrons.